The van der Waals surface area contributed by atoms with Crippen molar-refractivity contribution >= 4 is 6.03 Å². The van der Waals surface area contributed by atoms with Crippen LogP contribution in [0.1, 0.15) is 17.9 Å². The average molecular weight is 208 g/mol. The van der Waals surface area contributed by atoms with Crippen LogP contribution in [0.3, 0.4) is 0 Å². The lowest BCUT2D eigenvalue weighted by molar-refractivity contribution is 0.218. The Labute approximate surface area is 87.7 Å². The van der Waals surface area contributed by atoms with Crippen LogP contribution in [0.4, 0.5) is 9.18 Å². The van der Waals surface area contributed by atoms with Gasteiger partial charge in [-0.3, -0.25) is 0 Å². The normalized spacial score (nSPS) is 20.6. The van der Waals surface area contributed by atoms with Crippen LogP contribution in [0.15, 0.2) is 24.3 Å². The predicted octanol–water partition coefficient (Wildman–Crippen LogP) is 1.69. The van der Waals surface area contributed by atoms with Crippen molar-refractivity contribution < 1.29 is 9.18 Å². The second kappa shape index (κ2) is 3.88. The molecule has 1 aromatic rings. The third kappa shape index (κ3) is 2.09. The van der Waals surface area contributed by atoms with Gasteiger partial charge in [-0.15, -0.1) is 0 Å². The lowest BCUT2D eigenvalue weighted by atomic mass is 9.98. The van der Waals surface area contributed by atoms with E-state index in [1.807, 2.05) is 6.07 Å². The Balaban J connectivity index is 2.11. The minimum atomic E-state index is -0.395. The van der Waals surface area contributed by atoms with Crippen molar-refractivity contribution in [3.8, 4) is 0 Å². The summed E-state index contributed by atoms with van der Waals surface area (Å²) in [4.78, 5) is 12.5. The maximum atomic E-state index is 13.0. The molecule has 1 aliphatic heterocycles. The van der Waals surface area contributed by atoms with Crippen LogP contribution in [0.2, 0.25) is 0 Å². The molecule has 1 heterocycles. The number of likely N-dealkylation sites (tertiary alicyclic amines) is 1. The first-order valence-corrected chi connectivity index (χ1v) is 4.96. The maximum Gasteiger partial charge on any atom is 0.314 e. The number of rotatable bonds is 1. The van der Waals surface area contributed by atoms with E-state index in [-0.39, 0.29) is 11.7 Å². The molecule has 0 aliphatic carbocycles. The van der Waals surface area contributed by atoms with Crippen molar-refractivity contribution in [3.05, 3.63) is 35.6 Å². The molecule has 2 amide bonds. The standard InChI is InChI=1S/C11H13FN2O/c12-10-3-1-2-8(6-10)9-4-5-14(7-9)11(13)15/h1-3,6,9H,4-5,7H2,(H2,13,15)/t9-/m0/s1. The molecule has 1 saturated heterocycles. The smallest absolute Gasteiger partial charge is 0.314 e. The Kier molecular flexibility index (Phi) is 2.58. The molecule has 1 atom stereocenters. The zero-order chi connectivity index (χ0) is 10.8. The van der Waals surface area contributed by atoms with E-state index in [9.17, 15) is 9.18 Å². The summed E-state index contributed by atoms with van der Waals surface area (Å²) in [7, 11) is 0. The van der Waals surface area contributed by atoms with E-state index in [0.29, 0.717) is 13.1 Å². The first-order chi connectivity index (χ1) is 7.16. The fourth-order valence-electron chi connectivity index (χ4n) is 1.99. The van der Waals surface area contributed by atoms with E-state index in [2.05, 4.69) is 0 Å². The summed E-state index contributed by atoms with van der Waals surface area (Å²) in [6.07, 6.45) is 0.854. The van der Waals surface area contributed by atoms with Crippen LogP contribution in [0.25, 0.3) is 0 Å². The SMILES string of the molecule is NC(=O)N1CC[C@H](c2cccc(F)c2)C1. The zero-order valence-electron chi connectivity index (χ0n) is 8.32. The minimum absolute atomic E-state index is 0.216. The highest BCUT2D eigenvalue weighted by atomic mass is 19.1. The van der Waals surface area contributed by atoms with Gasteiger partial charge in [0.15, 0.2) is 0 Å². The summed E-state index contributed by atoms with van der Waals surface area (Å²) >= 11 is 0. The van der Waals surface area contributed by atoms with Crippen LogP contribution in [-0.4, -0.2) is 24.0 Å². The molecule has 1 aliphatic rings. The zero-order valence-corrected chi connectivity index (χ0v) is 8.32. The van der Waals surface area contributed by atoms with Crippen molar-refractivity contribution in [2.24, 2.45) is 5.73 Å². The second-order valence-corrected chi connectivity index (χ2v) is 3.82. The molecule has 2 rings (SSSR count). The molecule has 2 N–H and O–H groups in total. The molecular weight excluding hydrogens is 195 g/mol. The van der Waals surface area contributed by atoms with Crippen LogP contribution in [-0.2, 0) is 0 Å². The summed E-state index contributed by atoms with van der Waals surface area (Å²) in [6.45, 7) is 1.26. The summed E-state index contributed by atoms with van der Waals surface area (Å²) in [6, 6.07) is 6.13. The Hall–Kier alpha value is -1.58. The third-order valence-corrected chi connectivity index (χ3v) is 2.82. The first-order valence-electron chi connectivity index (χ1n) is 4.96. The average Bonchev–Trinajstić information content (AvgIpc) is 2.66. The highest BCUT2D eigenvalue weighted by Crippen LogP contribution is 2.27. The molecule has 1 fully saturated rings. The number of hydrogen-bond donors (Lipinski definition) is 1. The number of carbonyl (C=O) groups excluding carboxylic acids is 1. The number of hydrogen-bond acceptors (Lipinski definition) is 1. The van der Waals surface area contributed by atoms with Crippen LogP contribution < -0.4 is 5.73 Å². The van der Waals surface area contributed by atoms with Crippen molar-refractivity contribution in [2.45, 2.75) is 12.3 Å². The first kappa shape index (κ1) is 9.96. The highest BCUT2D eigenvalue weighted by Gasteiger charge is 2.25. The molecule has 1 aromatic carbocycles. The van der Waals surface area contributed by atoms with E-state index < -0.39 is 6.03 Å². The molecular formula is C11H13FN2O. The van der Waals surface area contributed by atoms with Crippen LogP contribution in [0, 0.1) is 5.82 Å². The van der Waals surface area contributed by atoms with Gasteiger partial charge < -0.3 is 10.6 Å². The van der Waals surface area contributed by atoms with Crippen molar-refractivity contribution in [1.82, 2.24) is 4.90 Å². The third-order valence-electron chi connectivity index (χ3n) is 2.82. The van der Waals surface area contributed by atoms with Crippen molar-refractivity contribution in [2.75, 3.05) is 13.1 Å². The summed E-state index contributed by atoms with van der Waals surface area (Å²) in [5.74, 6) is -0.0155. The largest absolute Gasteiger partial charge is 0.351 e. The number of nitrogens with two attached hydrogens (primary N) is 1. The molecule has 0 spiro atoms. The molecule has 0 saturated carbocycles. The van der Waals surface area contributed by atoms with Crippen LogP contribution in [0.5, 0.6) is 0 Å². The van der Waals surface area contributed by atoms with E-state index >= 15 is 0 Å². The summed E-state index contributed by atoms with van der Waals surface area (Å²) in [5, 5.41) is 0. The fourth-order valence-corrected chi connectivity index (χ4v) is 1.99. The van der Waals surface area contributed by atoms with Gasteiger partial charge in [-0.25, -0.2) is 9.18 Å². The number of primary amides is 1. The summed E-state index contributed by atoms with van der Waals surface area (Å²) in [5.41, 5.74) is 6.12. The van der Waals surface area contributed by atoms with Crippen LogP contribution >= 0.6 is 0 Å². The van der Waals surface area contributed by atoms with Gasteiger partial charge in [0, 0.05) is 19.0 Å². The van der Waals surface area contributed by atoms with Gasteiger partial charge in [0.25, 0.3) is 0 Å². The molecule has 0 radical (unpaired) electrons. The number of amides is 2. The minimum Gasteiger partial charge on any atom is -0.351 e. The number of carbonyl (C=O) groups is 1. The number of benzene rings is 1. The van der Waals surface area contributed by atoms with Gasteiger partial charge in [-0.05, 0) is 24.1 Å². The highest BCUT2D eigenvalue weighted by molar-refractivity contribution is 5.72. The predicted molar refractivity (Wildman–Crippen MR) is 54.9 cm³/mol. The van der Waals surface area contributed by atoms with Gasteiger partial charge >= 0.3 is 6.03 Å². The monoisotopic (exact) mass is 208 g/mol. The van der Waals surface area contributed by atoms with Crippen molar-refractivity contribution in [3.63, 3.8) is 0 Å². The lowest BCUT2D eigenvalue weighted by Crippen LogP contribution is -2.33. The summed E-state index contributed by atoms with van der Waals surface area (Å²) < 4.78 is 13.0. The van der Waals surface area contributed by atoms with Gasteiger partial charge in [0.05, 0.1) is 0 Å². The maximum absolute atomic E-state index is 13.0. The number of halogens is 1. The van der Waals surface area contributed by atoms with E-state index in [0.717, 1.165) is 12.0 Å². The fraction of sp³-hybridized carbons (Fsp3) is 0.364. The molecule has 0 bridgehead atoms. The lowest BCUT2D eigenvalue weighted by Gasteiger charge is -2.13. The van der Waals surface area contributed by atoms with E-state index in [1.165, 1.54) is 12.1 Å². The molecule has 0 aromatic heterocycles. The topological polar surface area (TPSA) is 46.3 Å². The van der Waals surface area contributed by atoms with Gasteiger partial charge in [-0.2, -0.15) is 0 Å². The molecule has 15 heavy (non-hydrogen) atoms. The van der Waals surface area contributed by atoms with Gasteiger partial charge in [0.2, 0.25) is 0 Å². The van der Waals surface area contributed by atoms with E-state index in [4.69, 9.17) is 5.73 Å². The van der Waals surface area contributed by atoms with Gasteiger partial charge in [-0.1, -0.05) is 12.1 Å². The second-order valence-electron chi connectivity index (χ2n) is 3.82. The molecule has 4 heteroatoms. The number of nitrogens with zero attached hydrogens (tertiary/aromatic N) is 1. The quantitative estimate of drug-likeness (QED) is 0.750. The van der Waals surface area contributed by atoms with Gasteiger partial charge in [0.1, 0.15) is 5.82 Å². The Morgan fingerprint density at radius 1 is 1.53 bits per heavy atom. The van der Waals surface area contributed by atoms with Crippen molar-refractivity contribution in [1.29, 1.82) is 0 Å². The Bertz CT molecular complexity index is 381. The van der Waals surface area contributed by atoms with E-state index in [1.54, 1.807) is 11.0 Å². The Morgan fingerprint density at radius 3 is 2.93 bits per heavy atom. The Morgan fingerprint density at radius 2 is 2.33 bits per heavy atom. The molecule has 80 valence electrons. The molecule has 0 unspecified atom stereocenters. The number of urea groups is 1. The molecule has 3 nitrogen and oxygen atoms in total.